The van der Waals surface area contributed by atoms with Crippen LogP contribution in [0.3, 0.4) is 0 Å². The number of aryl methyl sites for hydroxylation is 3. The van der Waals surface area contributed by atoms with Crippen molar-refractivity contribution in [2.24, 2.45) is 11.8 Å². The second kappa shape index (κ2) is 21.0. The summed E-state index contributed by atoms with van der Waals surface area (Å²) in [5.41, 5.74) is 13.7. The van der Waals surface area contributed by atoms with Gasteiger partial charge < -0.3 is 0 Å². The Morgan fingerprint density at radius 2 is 1.36 bits per heavy atom. The zero-order chi connectivity index (χ0) is 33.2. The number of allylic oxidation sites excluding steroid dienone is 8. The Morgan fingerprint density at radius 3 is 1.77 bits per heavy atom. The molecule has 4 rings (SSSR count). The van der Waals surface area contributed by atoms with Gasteiger partial charge in [-0.1, -0.05) is 159 Å². The first kappa shape index (κ1) is 39.2. The van der Waals surface area contributed by atoms with Crippen molar-refractivity contribution >= 4 is 16.7 Å². The van der Waals surface area contributed by atoms with Crippen LogP contribution < -0.4 is 0 Å². The molecule has 0 radical (unpaired) electrons. The molecule has 0 heterocycles. The maximum absolute atomic E-state index is 4.05. The summed E-state index contributed by atoms with van der Waals surface area (Å²) in [6.07, 6.45) is 19.6. The highest BCUT2D eigenvalue weighted by atomic mass is 14.2. The third-order valence-electron chi connectivity index (χ3n) is 9.37. The fraction of sp³-hybridized carbons (Fsp3) is 0.500. The summed E-state index contributed by atoms with van der Waals surface area (Å²) in [6.45, 7) is 31.7. The summed E-state index contributed by atoms with van der Waals surface area (Å²) in [5.74, 6) is 2.15. The van der Waals surface area contributed by atoms with Crippen LogP contribution >= 0.6 is 0 Å². The van der Waals surface area contributed by atoms with Gasteiger partial charge in [0.25, 0.3) is 0 Å². The molecule has 0 aliphatic heterocycles. The molecular weight excluding hydrogens is 528 g/mol. The van der Waals surface area contributed by atoms with Crippen LogP contribution in [0.25, 0.3) is 16.7 Å². The third-order valence-corrected chi connectivity index (χ3v) is 9.37. The van der Waals surface area contributed by atoms with Crippen LogP contribution in [0.4, 0.5) is 0 Å². The Kier molecular flexibility index (Phi) is 18.7. The van der Waals surface area contributed by atoms with Crippen LogP contribution in [-0.4, -0.2) is 0 Å². The van der Waals surface area contributed by atoms with Crippen molar-refractivity contribution in [2.75, 3.05) is 0 Å². The van der Waals surface area contributed by atoms with Gasteiger partial charge >= 0.3 is 0 Å². The summed E-state index contributed by atoms with van der Waals surface area (Å²) in [6, 6.07) is 13.2. The molecule has 0 spiro atoms. The van der Waals surface area contributed by atoms with Crippen molar-refractivity contribution in [3.8, 4) is 0 Å². The van der Waals surface area contributed by atoms with Crippen LogP contribution in [0.2, 0.25) is 0 Å². The quantitative estimate of drug-likeness (QED) is 0.280. The Balaban J connectivity index is 0.000000522. The third kappa shape index (κ3) is 13.0. The molecule has 0 aromatic heterocycles. The van der Waals surface area contributed by atoms with Gasteiger partial charge in [0.15, 0.2) is 0 Å². The number of hydrogen-bond acceptors (Lipinski definition) is 0. The van der Waals surface area contributed by atoms with E-state index >= 15 is 0 Å². The second-order valence-corrected chi connectivity index (χ2v) is 13.0. The van der Waals surface area contributed by atoms with E-state index in [-0.39, 0.29) is 0 Å². The first-order valence-electron chi connectivity index (χ1n) is 17.5. The van der Waals surface area contributed by atoms with Crippen molar-refractivity contribution in [1.29, 1.82) is 0 Å². The molecule has 2 aromatic carbocycles. The summed E-state index contributed by atoms with van der Waals surface area (Å²) < 4.78 is 0. The first-order valence-corrected chi connectivity index (χ1v) is 17.5. The molecule has 2 saturated carbocycles. The van der Waals surface area contributed by atoms with Crippen molar-refractivity contribution < 1.29 is 0 Å². The maximum atomic E-state index is 4.05. The maximum Gasteiger partial charge on any atom is -0.0152 e. The van der Waals surface area contributed by atoms with E-state index < -0.39 is 0 Å². The van der Waals surface area contributed by atoms with Gasteiger partial charge in [-0.15, -0.1) is 0 Å². The molecule has 44 heavy (non-hydrogen) atoms. The van der Waals surface area contributed by atoms with E-state index in [9.17, 15) is 0 Å². The molecule has 0 amide bonds. The Bertz CT molecular complexity index is 1260. The molecule has 2 fully saturated rings. The summed E-state index contributed by atoms with van der Waals surface area (Å²) >= 11 is 0. The standard InChI is InChI=1S/C29H34.C7H14.C6H12.C2H6/c1-10-11-29(27-13-12-20(4)21(5)17-27)25(9)22(6)16-23(7)28-15-14-26(19(2)3)18-24(28)8;1-7-5-3-2-4-6-7;1-2-6-4-3-5-6;1-2/h10-18H,1-2H2,3-9H3;7H,2-6H2,1H3;6H,2-5H2,1H3;1-2H3/b23-16+,25-22+,29-11+;;;. The van der Waals surface area contributed by atoms with Gasteiger partial charge in [0.1, 0.15) is 0 Å². The fourth-order valence-corrected chi connectivity index (χ4v) is 5.77. The molecule has 0 atom stereocenters. The Hall–Kier alpha value is -2.86. The Labute approximate surface area is 274 Å². The lowest BCUT2D eigenvalue weighted by molar-refractivity contribution is 0.307. The summed E-state index contributed by atoms with van der Waals surface area (Å²) in [4.78, 5) is 0. The average molecular weight is 595 g/mol. The van der Waals surface area contributed by atoms with E-state index in [0.717, 1.165) is 17.4 Å². The molecule has 0 saturated heterocycles. The smallest absolute Gasteiger partial charge is 0.0152 e. The number of rotatable bonds is 7. The Morgan fingerprint density at radius 1 is 0.773 bits per heavy atom. The summed E-state index contributed by atoms with van der Waals surface area (Å²) in [5, 5.41) is 0. The molecule has 0 heteroatoms. The summed E-state index contributed by atoms with van der Waals surface area (Å²) in [7, 11) is 0. The van der Waals surface area contributed by atoms with E-state index in [4.69, 9.17) is 0 Å². The monoisotopic (exact) mass is 595 g/mol. The molecule has 0 nitrogen and oxygen atoms in total. The SMILES string of the molecule is C=C\C=C(/C(C)=C(C)/C=C(\C)c1ccc(C(=C)C)cc1C)c1ccc(C)c(C)c1.CC.CC1CCCCC1.CCC1CCC1. The fourth-order valence-electron chi connectivity index (χ4n) is 5.77. The predicted molar refractivity (Wildman–Crippen MR) is 203 cm³/mol. The molecule has 0 bridgehead atoms. The van der Waals surface area contributed by atoms with E-state index in [1.54, 1.807) is 0 Å². The molecule has 2 aromatic rings. The van der Waals surface area contributed by atoms with Crippen molar-refractivity contribution in [2.45, 2.75) is 134 Å². The van der Waals surface area contributed by atoms with Crippen LogP contribution in [0.15, 0.2) is 78.9 Å². The topological polar surface area (TPSA) is 0 Å². The predicted octanol–water partition coefficient (Wildman–Crippen LogP) is 14.5. The van der Waals surface area contributed by atoms with Crippen molar-refractivity contribution in [1.82, 2.24) is 0 Å². The van der Waals surface area contributed by atoms with Gasteiger partial charge in [0, 0.05) is 0 Å². The molecule has 242 valence electrons. The van der Waals surface area contributed by atoms with Gasteiger partial charge in [0.2, 0.25) is 0 Å². The van der Waals surface area contributed by atoms with E-state index in [2.05, 4.69) is 117 Å². The zero-order valence-corrected chi connectivity index (χ0v) is 30.6. The second-order valence-electron chi connectivity index (χ2n) is 13.0. The highest BCUT2D eigenvalue weighted by molar-refractivity contribution is 5.82. The van der Waals surface area contributed by atoms with Crippen molar-refractivity contribution in [3.05, 3.63) is 112 Å². The van der Waals surface area contributed by atoms with Crippen LogP contribution in [0, 0.1) is 32.6 Å². The van der Waals surface area contributed by atoms with Gasteiger partial charge in [-0.05, 0) is 116 Å². The number of benzene rings is 2. The highest BCUT2D eigenvalue weighted by Gasteiger charge is 2.13. The van der Waals surface area contributed by atoms with E-state index in [0.29, 0.717) is 0 Å². The van der Waals surface area contributed by atoms with Crippen LogP contribution in [0.5, 0.6) is 0 Å². The van der Waals surface area contributed by atoms with Crippen molar-refractivity contribution in [3.63, 3.8) is 0 Å². The lowest BCUT2D eigenvalue weighted by Crippen LogP contribution is -2.08. The minimum absolute atomic E-state index is 1.04. The molecule has 0 N–H and O–H groups in total. The van der Waals surface area contributed by atoms with Crippen LogP contribution in [-0.2, 0) is 0 Å². The zero-order valence-electron chi connectivity index (χ0n) is 30.6. The first-order chi connectivity index (χ1) is 21.0. The van der Waals surface area contributed by atoms with Crippen LogP contribution in [0.1, 0.15) is 147 Å². The van der Waals surface area contributed by atoms with Gasteiger partial charge in [0.05, 0.1) is 0 Å². The number of hydrogen-bond donors (Lipinski definition) is 0. The lowest BCUT2D eigenvalue weighted by Gasteiger charge is -2.22. The van der Waals surface area contributed by atoms with Gasteiger partial charge in [-0.2, -0.15) is 0 Å². The normalized spacial score (nSPS) is 16.1. The van der Waals surface area contributed by atoms with Gasteiger partial charge in [-0.25, -0.2) is 0 Å². The molecule has 0 unspecified atom stereocenters. The van der Waals surface area contributed by atoms with Gasteiger partial charge in [-0.3, -0.25) is 0 Å². The molecule has 2 aliphatic rings. The largest absolute Gasteiger partial charge is 0.0990 e. The minimum Gasteiger partial charge on any atom is -0.0990 e. The van der Waals surface area contributed by atoms with E-state index in [1.165, 1.54) is 113 Å². The highest BCUT2D eigenvalue weighted by Crippen LogP contribution is 2.30. The lowest BCUT2D eigenvalue weighted by atomic mass is 9.84. The average Bonchev–Trinajstić information content (AvgIpc) is 2.98. The minimum atomic E-state index is 1.04. The molecule has 2 aliphatic carbocycles. The van der Waals surface area contributed by atoms with E-state index in [1.807, 2.05) is 26.8 Å². The molecular formula is C44H66.